The standard InChI is InChI=1S/C13H15N5OS/c1-8(2)18-12(19)16-17-13(18)20-11-4-3-9(6-14)5-10(11)7-15/h3-5,8H,6,14H2,1-2H3,(H,16,19). The van der Waals surface area contributed by atoms with Crippen molar-refractivity contribution in [3.63, 3.8) is 0 Å². The smallest absolute Gasteiger partial charge is 0.326 e. The van der Waals surface area contributed by atoms with E-state index < -0.39 is 0 Å². The maximum absolute atomic E-state index is 11.7. The van der Waals surface area contributed by atoms with Gasteiger partial charge in [-0.3, -0.25) is 4.57 Å². The molecule has 3 N–H and O–H groups in total. The van der Waals surface area contributed by atoms with Crippen LogP contribution in [0.2, 0.25) is 0 Å². The van der Waals surface area contributed by atoms with Crippen LogP contribution in [0.3, 0.4) is 0 Å². The van der Waals surface area contributed by atoms with Crippen LogP contribution >= 0.6 is 11.8 Å². The van der Waals surface area contributed by atoms with Crippen LogP contribution in [-0.4, -0.2) is 14.8 Å². The molecule has 0 fully saturated rings. The van der Waals surface area contributed by atoms with Gasteiger partial charge >= 0.3 is 5.69 Å². The molecule has 7 heteroatoms. The van der Waals surface area contributed by atoms with E-state index in [1.807, 2.05) is 26.0 Å². The summed E-state index contributed by atoms with van der Waals surface area (Å²) in [6.07, 6.45) is 0. The first-order valence-electron chi connectivity index (χ1n) is 6.14. The Kier molecular flexibility index (Phi) is 4.27. The van der Waals surface area contributed by atoms with Crippen LogP contribution in [0.5, 0.6) is 0 Å². The number of hydrogen-bond donors (Lipinski definition) is 2. The quantitative estimate of drug-likeness (QED) is 0.891. The van der Waals surface area contributed by atoms with Crippen LogP contribution in [0.15, 0.2) is 33.0 Å². The van der Waals surface area contributed by atoms with Crippen molar-refractivity contribution < 1.29 is 0 Å². The van der Waals surface area contributed by atoms with Crippen molar-refractivity contribution in [2.24, 2.45) is 5.73 Å². The lowest BCUT2D eigenvalue weighted by Crippen LogP contribution is -2.19. The van der Waals surface area contributed by atoms with E-state index in [2.05, 4.69) is 16.3 Å². The third-order valence-electron chi connectivity index (χ3n) is 2.79. The molecule has 0 spiro atoms. The monoisotopic (exact) mass is 289 g/mol. The Balaban J connectivity index is 2.41. The molecule has 0 amide bonds. The number of nitriles is 1. The molecule has 6 nitrogen and oxygen atoms in total. The fourth-order valence-electron chi connectivity index (χ4n) is 1.80. The van der Waals surface area contributed by atoms with Gasteiger partial charge in [-0.1, -0.05) is 6.07 Å². The highest BCUT2D eigenvalue weighted by Crippen LogP contribution is 2.29. The molecule has 0 bridgehead atoms. The van der Waals surface area contributed by atoms with Crippen LogP contribution in [0, 0.1) is 11.3 Å². The summed E-state index contributed by atoms with van der Waals surface area (Å²) in [4.78, 5) is 12.4. The molecule has 0 atom stereocenters. The maximum Gasteiger partial charge on any atom is 0.344 e. The molecule has 0 saturated carbocycles. The molecule has 1 aromatic heterocycles. The minimum atomic E-state index is -0.250. The van der Waals surface area contributed by atoms with Crippen molar-refractivity contribution in [1.29, 1.82) is 5.26 Å². The molecule has 1 aromatic carbocycles. The fourth-order valence-corrected chi connectivity index (χ4v) is 2.83. The zero-order chi connectivity index (χ0) is 14.7. The van der Waals surface area contributed by atoms with E-state index in [4.69, 9.17) is 5.73 Å². The third-order valence-corrected chi connectivity index (χ3v) is 3.84. The summed E-state index contributed by atoms with van der Waals surface area (Å²) in [5.74, 6) is 0. The minimum absolute atomic E-state index is 0.00222. The first kappa shape index (κ1) is 14.4. The molecule has 0 aliphatic carbocycles. The van der Waals surface area contributed by atoms with Gasteiger partial charge in [0, 0.05) is 17.5 Å². The summed E-state index contributed by atoms with van der Waals surface area (Å²) in [5, 5.41) is 16.2. The molecule has 20 heavy (non-hydrogen) atoms. The molecule has 0 saturated heterocycles. The normalized spacial score (nSPS) is 10.8. The number of H-pyrrole nitrogens is 1. The molecule has 104 valence electrons. The molecular formula is C13H15N5OS. The Morgan fingerprint density at radius 3 is 2.90 bits per heavy atom. The zero-order valence-corrected chi connectivity index (χ0v) is 12.1. The number of hydrogen-bond acceptors (Lipinski definition) is 5. The molecular weight excluding hydrogens is 274 g/mol. The van der Waals surface area contributed by atoms with Gasteiger partial charge in [0.25, 0.3) is 0 Å². The number of aromatic nitrogens is 3. The summed E-state index contributed by atoms with van der Waals surface area (Å²) in [5.41, 5.74) is 6.74. The Labute approximate surface area is 120 Å². The second-order valence-electron chi connectivity index (χ2n) is 4.52. The number of nitrogens with zero attached hydrogens (tertiary/aromatic N) is 3. The SMILES string of the molecule is CC(C)n1c(Sc2ccc(CN)cc2C#N)n[nH]c1=O. The predicted octanol–water partition coefficient (Wildman–Crippen LogP) is 1.63. The first-order chi connectivity index (χ1) is 9.56. The first-order valence-corrected chi connectivity index (χ1v) is 6.96. The van der Waals surface area contributed by atoms with Crippen LogP contribution in [0.4, 0.5) is 0 Å². The van der Waals surface area contributed by atoms with E-state index in [9.17, 15) is 10.1 Å². The van der Waals surface area contributed by atoms with E-state index in [1.54, 1.807) is 10.6 Å². The summed E-state index contributed by atoms with van der Waals surface area (Å²) in [6, 6.07) is 7.60. The lowest BCUT2D eigenvalue weighted by molar-refractivity contribution is 0.534. The van der Waals surface area contributed by atoms with Gasteiger partial charge in [-0.25, -0.2) is 9.89 Å². The van der Waals surface area contributed by atoms with Crippen molar-refractivity contribution in [2.75, 3.05) is 0 Å². The number of rotatable bonds is 4. The van der Waals surface area contributed by atoms with Crippen LogP contribution < -0.4 is 11.4 Å². The Morgan fingerprint density at radius 2 is 2.30 bits per heavy atom. The van der Waals surface area contributed by atoms with Gasteiger partial charge in [0.05, 0.1) is 5.56 Å². The van der Waals surface area contributed by atoms with Crippen LogP contribution in [-0.2, 0) is 6.54 Å². The van der Waals surface area contributed by atoms with Gasteiger partial charge in [-0.05, 0) is 43.3 Å². The van der Waals surface area contributed by atoms with E-state index >= 15 is 0 Å². The van der Waals surface area contributed by atoms with Crippen LogP contribution in [0.25, 0.3) is 0 Å². The van der Waals surface area contributed by atoms with Gasteiger partial charge in [0.1, 0.15) is 6.07 Å². The second-order valence-corrected chi connectivity index (χ2v) is 5.53. The van der Waals surface area contributed by atoms with Crippen molar-refractivity contribution >= 4 is 11.8 Å². The van der Waals surface area contributed by atoms with E-state index in [0.29, 0.717) is 17.3 Å². The topological polar surface area (TPSA) is 100 Å². The highest BCUT2D eigenvalue weighted by atomic mass is 32.2. The highest BCUT2D eigenvalue weighted by Gasteiger charge is 2.14. The summed E-state index contributed by atoms with van der Waals surface area (Å²) < 4.78 is 1.56. The molecule has 0 unspecified atom stereocenters. The molecule has 0 aliphatic heterocycles. The molecule has 0 aliphatic rings. The van der Waals surface area contributed by atoms with Crippen molar-refractivity contribution in [1.82, 2.24) is 14.8 Å². The van der Waals surface area contributed by atoms with E-state index in [0.717, 1.165) is 10.5 Å². The molecule has 0 radical (unpaired) electrons. The Morgan fingerprint density at radius 1 is 1.55 bits per heavy atom. The number of benzene rings is 1. The minimum Gasteiger partial charge on any atom is -0.326 e. The number of nitrogens with two attached hydrogens (primary N) is 1. The van der Waals surface area contributed by atoms with Crippen molar-refractivity contribution in [2.45, 2.75) is 36.5 Å². The fraction of sp³-hybridized carbons (Fsp3) is 0.308. The number of nitrogens with one attached hydrogen (secondary N) is 1. The van der Waals surface area contributed by atoms with Gasteiger partial charge in [0.2, 0.25) is 0 Å². The third kappa shape index (κ3) is 2.76. The molecule has 2 aromatic rings. The number of aromatic amines is 1. The summed E-state index contributed by atoms with van der Waals surface area (Å²) in [7, 11) is 0. The van der Waals surface area contributed by atoms with Crippen molar-refractivity contribution in [3.05, 3.63) is 39.8 Å². The lowest BCUT2D eigenvalue weighted by atomic mass is 10.1. The van der Waals surface area contributed by atoms with Gasteiger partial charge in [0.15, 0.2) is 5.16 Å². The molecule has 2 rings (SSSR count). The Hall–Kier alpha value is -2.04. The zero-order valence-electron chi connectivity index (χ0n) is 11.3. The van der Waals surface area contributed by atoms with Crippen LogP contribution in [0.1, 0.15) is 31.0 Å². The average Bonchev–Trinajstić information content (AvgIpc) is 2.80. The van der Waals surface area contributed by atoms with Crippen molar-refractivity contribution in [3.8, 4) is 6.07 Å². The maximum atomic E-state index is 11.7. The van der Waals surface area contributed by atoms with E-state index in [1.165, 1.54) is 11.8 Å². The van der Waals surface area contributed by atoms with E-state index in [-0.39, 0.29) is 11.7 Å². The van der Waals surface area contributed by atoms with Gasteiger partial charge < -0.3 is 5.73 Å². The summed E-state index contributed by atoms with van der Waals surface area (Å²) >= 11 is 1.29. The predicted molar refractivity (Wildman–Crippen MR) is 76.4 cm³/mol. The van der Waals surface area contributed by atoms with Gasteiger partial charge in [-0.2, -0.15) is 5.26 Å². The molecule has 1 heterocycles. The highest BCUT2D eigenvalue weighted by molar-refractivity contribution is 7.99. The Bertz CT molecular complexity index is 710. The average molecular weight is 289 g/mol. The van der Waals surface area contributed by atoms with Gasteiger partial charge in [-0.15, -0.1) is 5.10 Å². The largest absolute Gasteiger partial charge is 0.344 e. The lowest BCUT2D eigenvalue weighted by Gasteiger charge is -2.09. The second kappa shape index (κ2) is 5.94. The summed E-state index contributed by atoms with van der Waals surface area (Å²) in [6.45, 7) is 4.20.